The summed E-state index contributed by atoms with van der Waals surface area (Å²) in [5, 5.41) is 6.11. The van der Waals surface area contributed by atoms with Crippen LogP contribution in [0.15, 0.2) is 21.7 Å². The van der Waals surface area contributed by atoms with Gasteiger partial charge in [-0.25, -0.2) is 5.43 Å². The lowest BCUT2D eigenvalue weighted by molar-refractivity contribution is -0.139. The van der Waals surface area contributed by atoms with Crippen LogP contribution < -0.4 is 20.2 Å². The molecule has 8 heteroatoms. The van der Waals surface area contributed by atoms with Crippen LogP contribution in [0.3, 0.4) is 0 Å². The van der Waals surface area contributed by atoms with Gasteiger partial charge in [0.05, 0.1) is 24.4 Å². The van der Waals surface area contributed by atoms with E-state index in [1.165, 1.54) is 13.3 Å². The number of amides is 2. The summed E-state index contributed by atoms with van der Waals surface area (Å²) in [6, 6.07) is 3.47. The lowest BCUT2D eigenvalue weighted by Gasteiger charge is -2.11. The van der Waals surface area contributed by atoms with Crippen LogP contribution in [0.2, 0.25) is 0 Å². The predicted molar refractivity (Wildman–Crippen MR) is 86.3 cm³/mol. The highest BCUT2D eigenvalue weighted by atomic mass is 79.9. The Morgan fingerprint density at radius 2 is 2.05 bits per heavy atom. The van der Waals surface area contributed by atoms with Gasteiger partial charge in [-0.3, -0.25) is 9.59 Å². The average Bonchev–Trinajstić information content (AvgIpc) is 2.49. The molecule has 0 saturated carbocycles. The smallest absolute Gasteiger partial charge is 0.329 e. The molecule has 0 unspecified atom stereocenters. The van der Waals surface area contributed by atoms with Gasteiger partial charge in [-0.1, -0.05) is 0 Å². The predicted octanol–water partition coefficient (Wildman–Crippen LogP) is 1.44. The topological polar surface area (TPSA) is 89.0 Å². The van der Waals surface area contributed by atoms with Crippen LogP contribution in [0.1, 0.15) is 19.4 Å². The number of hydrogen-bond acceptors (Lipinski definition) is 5. The van der Waals surface area contributed by atoms with Crippen LogP contribution in [0.25, 0.3) is 0 Å². The van der Waals surface area contributed by atoms with Gasteiger partial charge in [0.2, 0.25) is 0 Å². The second-order valence-corrected chi connectivity index (χ2v) is 4.88. The van der Waals surface area contributed by atoms with Gasteiger partial charge in [-0.2, -0.15) is 5.10 Å². The first-order valence-electron chi connectivity index (χ1n) is 6.65. The van der Waals surface area contributed by atoms with Crippen molar-refractivity contribution in [3.05, 3.63) is 22.2 Å². The number of carbonyl (C=O) groups excluding carboxylic acids is 2. The van der Waals surface area contributed by atoms with Gasteiger partial charge in [0.1, 0.15) is 0 Å². The van der Waals surface area contributed by atoms with Crippen molar-refractivity contribution in [1.82, 2.24) is 10.7 Å². The van der Waals surface area contributed by atoms with E-state index in [2.05, 4.69) is 31.8 Å². The van der Waals surface area contributed by atoms with Crippen LogP contribution in [-0.4, -0.2) is 38.3 Å². The highest BCUT2D eigenvalue weighted by molar-refractivity contribution is 9.10. The molecule has 1 aromatic rings. The third-order valence-corrected chi connectivity index (χ3v) is 3.05. The Labute approximate surface area is 137 Å². The largest absolute Gasteiger partial charge is 0.493 e. The molecule has 0 saturated heterocycles. The first-order chi connectivity index (χ1) is 10.5. The van der Waals surface area contributed by atoms with E-state index in [9.17, 15) is 9.59 Å². The third kappa shape index (κ3) is 5.03. The molecule has 0 radical (unpaired) electrons. The van der Waals surface area contributed by atoms with E-state index in [4.69, 9.17) is 9.47 Å². The van der Waals surface area contributed by atoms with Gasteiger partial charge in [-0.15, -0.1) is 0 Å². The lowest BCUT2D eigenvalue weighted by atomic mass is 10.2. The minimum atomic E-state index is -0.824. The minimum absolute atomic E-state index is 0.374. The van der Waals surface area contributed by atoms with Crippen molar-refractivity contribution in [3.63, 3.8) is 0 Å². The van der Waals surface area contributed by atoms with Gasteiger partial charge in [0, 0.05) is 6.54 Å². The highest BCUT2D eigenvalue weighted by Gasteiger charge is 2.12. The van der Waals surface area contributed by atoms with Crippen molar-refractivity contribution in [1.29, 1.82) is 0 Å². The first-order valence-corrected chi connectivity index (χ1v) is 7.44. The monoisotopic (exact) mass is 371 g/mol. The number of hydrazone groups is 1. The fourth-order valence-corrected chi connectivity index (χ4v) is 2.13. The summed E-state index contributed by atoms with van der Waals surface area (Å²) in [5.41, 5.74) is 2.81. The van der Waals surface area contributed by atoms with Gasteiger partial charge in [-0.05, 0) is 47.5 Å². The molecule has 2 amide bonds. The Morgan fingerprint density at radius 3 is 2.64 bits per heavy atom. The number of halogens is 1. The van der Waals surface area contributed by atoms with E-state index in [1.807, 2.05) is 6.92 Å². The summed E-state index contributed by atoms with van der Waals surface area (Å²) in [7, 11) is 1.53. The number of hydrogen-bond donors (Lipinski definition) is 2. The van der Waals surface area contributed by atoms with E-state index >= 15 is 0 Å². The number of carbonyl (C=O) groups is 2. The van der Waals surface area contributed by atoms with Crippen LogP contribution >= 0.6 is 15.9 Å². The molecule has 0 aromatic heterocycles. The van der Waals surface area contributed by atoms with E-state index < -0.39 is 11.8 Å². The molecule has 0 heterocycles. The van der Waals surface area contributed by atoms with Crippen LogP contribution in [0.5, 0.6) is 11.5 Å². The number of methoxy groups -OCH3 is 1. The Kier molecular flexibility index (Phi) is 7.38. The number of benzene rings is 1. The standard InChI is InChI=1S/C14H18BrN3O4/c1-4-16-13(19)14(20)18-17-8-9-6-10(15)12(22-5-2)11(7-9)21-3/h6-8H,4-5H2,1-3H3,(H,16,19)(H,18,20)/b17-8-. The molecule has 1 rings (SSSR count). The molecule has 7 nitrogen and oxygen atoms in total. The Morgan fingerprint density at radius 1 is 1.32 bits per heavy atom. The lowest BCUT2D eigenvalue weighted by Crippen LogP contribution is -2.37. The van der Waals surface area contributed by atoms with E-state index in [0.717, 1.165) is 0 Å². The zero-order valence-corrected chi connectivity index (χ0v) is 14.2. The number of likely N-dealkylation sites (N-methyl/N-ethyl adjacent to an activating group) is 1. The molecular weight excluding hydrogens is 354 g/mol. The van der Waals surface area contributed by atoms with Crippen LogP contribution in [-0.2, 0) is 9.59 Å². The minimum Gasteiger partial charge on any atom is -0.493 e. The Bertz CT molecular complexity index is 575. The molecule has 120 valence electrons. The number of nitrogens with one attached hydrogen (secondary N) is 2. The molecule has 2 N–H and O–H groups in total. The fraction of sp³-hybridized carbons (Fsp3) is 0.357. The second kappa shape index (κ2) is 9.04. The molecule has 0 aliphatic rings. The average molecular weight is 372 g/mol. The summed E-state index contributed by atoms with van der Waals surface area (Å²) in [6.07, 6.45) is 1.40. The normalized spacial score (nSPS) is 10.4. The fourth-order valence-electron chi connectivity index (χ4n) is 1.56. The van der Waals surface area contributed by atoms with Crippen molar-refractivity contribution in [3.8, 4) is 11.5 Å². The summed E-state index contributed by atoms with van der Waals surface area (Å²) in [4.78, 5) is 22.6. The van der Waals surface area contributed by atoms with Gasteiger partial charge in [0.15, 0.2) is 11.5 Å². The maximum Gasteiger partial charge on any atom is 0.329 e. The number of rotatable bonds is 6. The van der Waals surface area contributed by atoms with Gasteiger partial charge >= 0.3 is 11.8 Å². The molecule has 0 bridgehead atoms. The number of nitrogens with zero attached hydrogens (tertiary/aromatic N) is 1. The molecule has 0 aliphatic heterocycles. The highest BCUT2D eigenvalue weighted by Crippen LogP contribution is 2.36. The van der Waals surface area contributed by atoms with E-state index in [0.29, 0.717) is 34.7 Å². The summed E-state index contributed by atoms with van der Waals surface area (Å²) >= 11 is 3.39. The summed E-state index contributed by atoms with van der Waals surface area (Å²) in [5.74, 6) is -0.429. The van der Waals surface area contributed by atoms with Crippen molar-refractivity contribution >= 4 is 34.0 Å². The third-order valence-electron chi connectivity index (χ3n) is 2.46. The molecule has 0 spiro atoms. The Balaban J connectivity index is 2.81. The maximum absolute atomic E-state index is 11.4. The molecule has 0 fully saturated rings. The molecule has 22 heavy (non-hydrogen) atoms. The Hall–Kier alpha value is -2.09. The summed E-state index contributed by atoms with van der Waals surface area (Å²) in [6.45, 7) is 4.47. The molecule has 0 atom stereocenters. The van der Waals surface area contributed by atoms with Crippen molar-refractivity contribution in [2.24, 2.45) is 5.10 Å². The zero-order chi connectivity index (χ0) is 16.5. The van der Waals surface area contributed by atoms with Gasteiger partial charge < -0.3 is 14.8 Å². The van der Waals surface area contributed by atoms with Crippen LogP contribution in [0.4, 0.5) is 0 Å². The van der Waals surface area contributed by atoms with Gasteiger partial charge in [0.25, 0.3) is 0 Å². The molecule has 0 aliphatic carbocycles. The first kappa shape index (κ1) is 18.0. The molecular formula is C14H18BrN3O4. The van der Waals surface area contributed by atoms with E-state index in [-0.39, 0.29) is 0 Å². The second-order valence-electron chi connectivity index (χ2n) is 4.03. The quantitative estimate of drug-likeness (QED) is 0.449. The van der Waals surface area contributed by atoms with Crippen molar-refractivity contribution in [2.45, 2.75) is 13.8 Å². The van der Waals surface area contributed by atoms with E-state index in [1.54, 1.807) is 19.1 Å². The number of ether oxygens (including phenoxy) is 2. The SMILES string of the molecule is CCNC(=O)C(=O)N/N=C\c1cc(Br)c(OCC)c(OC)c1. The maximum atomic E-state index is 11.4. The van der Waals surface area contributed by atoms with Crippen molar-refractivity contribution in [2.75, 3.05) is 20.3 Å². The summed E-state index contributed by atoms with van der Waals surface area (Å²) < 4.78 is 11.4. The zero-order valence-electron chi connectivity index (χ0n) is 12.6. The molecule has 1 aromatic carbocycles. The van der Waals surface area contributed by atoms with Crippen molar-refractivity contribution < 1.29 is 19.1 Å². The van der Waals surface area contributed by atoms with Crippen LogP contribution in [0, 0.1) is 0 Å².